The van der Waals surface area contributed by atoms with Crippen LogP contribution in [-0.4, -0.2) is 47.9 Å². The van der Waals surface area contributed by atoms with Gasteiger partial charge in [0, 0.05) is 18.3 Å². The SMILES string of the molecule is CN(C)C1(CNC(=O)c2ccc(C(N)=O)cn2)CCCCCC1. The third kappa shape index (κ3) is 4.28. The summed E-state index contributed by atoms with van der Waals surface area (Å²) >= 11 is 0. The number of hydrogen-bond acceptors (Lipinski definition) is 4. The molecule has 0 unspecified atom stereocenters. The molecule has 1 aromatic rings. The first kappa shape index (κ1) is 17.4. The summed E-state index contributed by atoms with van der Waals surface area (Å²) in [5.74, 6) is -0.763. The van der Waals surface area contributed by atoms with Gasteiger partial charge >= 0.3 is 0 Å². The van der Waals surface area contributed by atoms with Crippen LogP contribution in [0.25, 0.3) is 0 Å². The zero-order chi connectivity index (χ0) is 16.9. The van der Waals surface area contributed by atoms with Gasteiger partial charge in [0.05, 0.1) is 5.56 Å². The molecule has 23 heavy (non-hydrogen) atoms. The van der Waals surface area contributed by atoms with Crippen LogP contribution >= 0.6 is 0 Å². The van der Waals surface area contributed by atoms with Crippen molar-refractivity contribution < 1.29 is 9.59 Å². The summed E-state index contributed by atoms with van der Waals surface area (Å²) in [4.78, 5) is 29.6. The first-order valence-electron chi connectivity index (χ1n) is 8.16. The minimum absolute atomic E-state index is 0.0132. The number of carbonyl (C=O) groups excluding carboxylic acids is 2. The first-order chi connectivity index (χ1) is 10.9. The molecule has 0 aromatic carbocycles. The number of amides is 2. The van der Waals surface area contributed by atoms with Crippen LogP contribution in [0.1, 0.15) is 59.4 Å². The van der Waals surface area contributed by atoms with Gasteiger partial charge in [-0.3, -0.25) is 14.6 Å². The lowest BCUT2D eigenvalue weighted by Gasteiger charge is -2.39. The summed E-state index contributed by atoms with van der Waals surface area (Å²) in [6, 6.07) is 3.06. The molecule has 126 valence electrons. The van der Waals surface area contributed by atoms with Gasteiger partial charge in [-0.2, -0.15) is 0 Å². The highest BCUT2D eigenvalue weighted by Crippen LogP contribution is 2.30. The molecule has 1 aromatic heterocycles. The van der Waals surface area contributed by atoms with Crippen molar-refractivity contribution in [2.45, 2.75) is 44.1 Å². The second-order valence-corrected chi connectivity index (χ2v) is 6.51. The molecule has 6 heteroatoms. The minimum Gasteiger partial charge on any atom is -0.366 e. The van der Waals surface area contributed by atoms with E-state index in [0.29, 0.717) is 17.8 Å². The molecule has 6 nitrogen and oxygen atoms in total. The lowest BCUT2D eigenvalue weighted by atomic mass is 9.88. The third-order valence-corrected chi connectivity index (χ3v) is 4.84. The number of likely N-dealkylation sites (N-methyl/N-ethyl adjacent to an activating group) is 1. The molecule has 2 rings (SSSR count). The van der Waals surface area contributed by atoms with E-state index in [0.717, 1.165) is 12.8 Å². The highest BCUT2D eigenvalue weighted by atomic mass is 16.2. The lowest BCUT2D eigenvalue weighted by Crippen LogP contribution is -2.52. The van der Waals surface area contributed by atoms with Gasteiger partial charge in [0.1, 0.15) is 5.69 Å². The Balaban J connectivity index is 2.02. The van der Waals surface area contributed by atoms with Gasteiger partial charge < -0.3 is 16.0 Å². The van der Waals surface area contributed by atoms with Crippen molar-refractivity contribution >= 4 is 11.8 Å². The van der Waals surface area contributed by atoms with Crippen LogP contribution in [0.5, 0.6) is 0 Å². The van der Waals surface area contributed by atoms with Crippen LogP contribution in [0, 0.1) is 0 Å². The van der Waals surface area contributed by atoms with Crippen molar-refractivity contribution in [2.75, 3.05) is 20.6 Å². The number of nitrogens with zero attached hydrogens (tertiary/aromatic N) is 2. The number of hydrogen-bond donors (Lipinski definition) is 2. The Morgan fingerprint density at radius 3 is 2.35 bits per heavy atom. The number of carbonyl (C=O) groups is 2. The molecule has 0 saturated heterocycles. The summed E-state index contributed by atoms with van der Waals surface area (Å²) in [6.45, 7) is 0.609. The van der Waals surface area contributed by atoms with Crippen LogP contribution in [0.2, 0.25) is 0 Å². The van der Waals surface area contributed by atoms with E-state index in [4.69, 9.17) is 5.73 Å². The number of primary amides is 1. The Bertz CT molecular complexity index is 546. The molecule has 1 aliphatic rings. The summed E-state index contributed by atoms with van der Waals surface area (Å²) in [5, 5.41) is 3.01. The normalized spacial score (nSPS) is 17.5. The smallest absolute Gasteiger partial charge is 0.269 e. The highest BCUT2D eigenvalue weighted by molar-refractivity contribution is 5.95. The largest absolute Gasteiger partial charge is 0.366 e. The second-order valence-electron chi connectivity index (χ2n) is 6.51. The molecule has 0 aliphatic heterocycles. The van der Waals surface area contributed by atoms with Crippen molar-refractivity contribution in [1.82, 2.24) is 15.2 Å². The maximum Gasteiger partial charge on any atom is 0.269 e. The van der Waals surface area contributed by atoms with Gasteiger partial charge in [0.25, 0.3) is 5.91 Å². The Morgan fingerprint density at radius 2 is 1.87 bits per heavy atom. The third-order valence-electron chi connectivity index (χ3n) is 4.84. The summed E-state index contributed by atoms with van der Waals surface area (Å²) in [5.41, 5.74) is 5.79. The van der Waals surface area contributed by atoms with E-state index in [2.05, 4.69) is 29.3 Å². The number of aromatic nitrogens is 1. The molecule has 1 fully saturated rings. The molecule has 0 radical (unpaired) electrons. The molecular weight excluding hydrogens is 292 g/mol. The van der Waals surface area contributed by atoms with Crippen molar-refractivity contribution in [2.24, 2.45) is 5.73 Å². The molecular formula is C17H26N4O2. The van der Waals surface area contributed by atoms with Crippen molar-refractivity contribution in [3.05, 3.63) is 29.6 Å². The Morgan fingerprint density at radius 1 is 1.22 bits per heavy atom. The fourth-order valence-electron chi connectivity index (χ4n) is 3.18. The maximum atomic E-state index is 12.3. The van der Waals surface area contributed by atoms with Crippen molar-refractivity contribution in [3.63, 3.8) is 0 Å². The number of nitrogens with one attached hydrogen (secondary N) is 1. The van der Waals surface area contributed by atoms with Crippen molar-refractivity contribution in [1.29, 1.82) is 0 Å². The highest BCUT2D eigenvalue weighted by Gasteiger charge is 2.33. The van der Waals surface area contributed by atoms with Crippen LogP contribution in [0.15, 0.2) is 18.3 Å². The standard InChI is InChI=1S/C17H26N4O2/c1-21(2)17(9-5-3-4-6-10-17)12-20-16(23)14-8-7-13(11-19-14)15(18)22/h7-8,11H,3-6,9-10,12H2,1-2H3,(H2,18,22)(H,20,23). The number of pyridine rings is 1. The summed E-state index contributed by atoms with van der Waals surface area (Å²) in [7, 11) is 4.16. The summed E-state index contributed by atoms with van der Waals surface area (Å²) < 4.78 is 0. The van der Waals surface area contributed by atoms with E-state index in [9.17, 15) is 9.59 Å². The van der Waals surface area contributed by atoms with E-state index < -0.39 is 5.91 Å². The van der Waals surface area contributed by atoms with Gasteiger partial charge in [-0.25, -0.2) is 0 Å². The first-order valence-corrected chi connectivity index (χ1v) is 8.16. The second kappa shape index (κ2) is 7.55. The van der Waals surface area contributed by atoms with Gasteiger partial charge in [0.2, 0.25) is 5.91 Å². The Kier molecular flexibility index (Phi) is 5.71. The van der Waals surface area contributed by atoms with Gasteiger partial charge in [-0.05, 0) is 39.1 Å². The average molecular weight is 318 g/mol. The summed E-state index contributed by atoms with van der Waals surface area (Å²) in [6.07, 6.45) is 8.44. The van der Waals surface area contributed by atoms with Crippen LogP contribution in [0.3, 0.4) is 0 Å². The van der Waals surface area contributed by atoms with E-state index >= 15 is 0 Å². The predicted molar refractivity (Wildman–Crippen MR) is 89.2 cm³/mol. The molecule has 1 heterocycles. The van der Waals surface area contributed by atoms with Crippen LogP contribution < -0.4 is 11.1 Å². The molecule has 0 spiro atoms. The minimum atomic E-state index is -0.547. The van der Waals surface area contributed by atoms with E-state index in [1.54, 1.807) is 0 Å². The Labute approximate surface area is 137 Å². The molecule has 1 saturated carbocycles. The number of nitrogens with two attached hydrogens (primary N) is 1. The molecule has 1 aliphatic carbocycles. The zero-order valence-corrected chi connectivity index (χ0v) is 14.0. The number of rotatable bonds is 5. The molecule has 0 bridgehead atoms. The van der Waals surface area contributed by atoms with Gasteiger partial charge in [-0.15, -0.1) is 0 Å². The average Bonchev–Trinajstić information content (AvgIpc) is 2.79. The van der Waals surface area contributed by atoms with E-state index in [-0.39, 0.29) is 11.4 Å². The monoisotopic (exact) mass is 318 g/mol. The molecule has 2 amide bonds. The van der Waals surface area contributed by atoms with Gasteiger partial charge in [0.15, 0.2) is 0 Å². The molecule has 0 atom stereocenters. The maximum absolute atomic E-state index is 12.3. The van der Waals surface area contributed by atoms with E-state index in [1.807, 2.05) is 0 Å². The fourth-order valence-corrected chi connectivity index (χ4v) is 3.18. The van der Waals surface area contributed by atoms with Crippen LogP contribution in [-0.2, 0) is 0 Å². The van der Waals surface area contributed by atoms with Crippen LogP contribution in [0.4, 0.5) is 0 Å². The van der Waals surface area contributed by atoms with Crippen molar-refractivity contribution in [3.8, 4) is 0 Å². The quantitative estimate of drug-likeness (QED) is 0.807. The predicted octanol–water partition coefficient (Wildman–Crippen LogP) is 1.56. The topological polar surface area (TPSA) is 88.3 Å². The van der Waals surface area contributed by atoms with Gasteiger partial charge in [-0.1, -0.05) is 25.7 Å². The fraction of sp³-hybridized carbons (Fsp3) is 0.588. The van der Waals surface area contributed by atoms with E-state index in [1.165, 1.54) is 44.0 Å². The lowest BCUT2D eigenvalue weighted by molar-refractivity contribution is 0.0863. The Hall–Kier alpha value is -1.95. The zero-order valence-electron chi connectivity index (χ0n) is 14.0. The molecule has 3 N–H and O–H groups in total.